The molecule has 0 heterocycles. The molecule has 0 bridgehead atoms. The van der Waals surface area contributed by atoms with E-state index in [4.69, 9.17) is 9.47 Å². The zero-order valence-electron chi connectivity index (χ0n) is 13.9. The van der Waals surface area contributed by atoms with Crippen LogP contribution in [0.2, 0.25) is 0 Å². The third-order valence-corrected chi connectivity index (χ3v) is 3.22. The number of phenols is 1. The summed E-state index contributed by atoms with van der Waals surface area (Å²) in [6, 6.07) is 11.4. The van der Waals surface area contributed by atoms with Gasteiger partial charge in [-0.3, -0.25) is 4.79 Å². The van der Waals surface area contributed by atoms with E-state index >= 15 is 0 Å². The van der Waals surface area contributed by atoms with Crippen LogP contribution in [0.3, 0.4) is 0 Å². The van der Waals surface area contributed by atoms with E-state index < -0.39 is 11.9 Å². The Labute approximate surface area is 145 Å². The highest BCUT2D eigenvalue weighted by atomic mass is 16.5. The molecule has 0 saturated carbocycles. The molecule has 25 heavy (non-hydrogen) atoms. The standard InChI is InChI=1S/C18H19NO6/c1-3-24-14-9-4-5-10-15(14)25-11-16(20)19-13-8-6-7-12(17(13)21)18(22)23-2/h4-10,21H,3,11H2,1-2H3,(H,19,20). The van der Waals surface area contributed by atoms with Crippen molar-refractivity contribution in [3.05, 3.63) is 48.0 Å². The topological polar surface area (TPSA) is 94.1 Å². The number of hydrogen-bond acceptors (Lipinski definition) is 6. The number of carbonyl (C=O) groups is 2. The van der Waals surface area contributed by atoms with Crippen LogP contribution in [0.25, 0.3) is 0 Å². The van der Waals surface area contributed by atoms with Crippen LogP contribution in [0, 0.1) is 0 Å². The lowest BCUT2D eigenvalue weighted by molar-refractivity contribution is -0.118. The lowest BCUT2D eigenvalue weighted by atomic mass is 10.1. The Morgan fingerprint density at radius 2 is 1.72 bits per heavy atom. The minimum absolute atomic E-state index is 0.0390. The van der Waals surface area contributed by atoms with E-state index in [1.807, 2.05) is 6.92 Å². The minimum atomic E-state index is -0.699. The van der Waals surface area contributed by atoms with Crippen molar-refractivity contribution in [2.24, 2.45) is 0 Å². The fourth-order valence-electron chi connectivity index (χ4n) is 2.09. The summed E-state index contributed by atoms with van der Waals surface area (Å²) >= 11 is 0. The van der Waals surface area contributed by atoms with Crippen molar-refractivity contribution in [2.45, 2.75) is 6.92 Å². The van der Waals surface area contributed by atoms with Gasteiger partial charge in [-0.25, -0.2) is 4.79 Å². The minimum Gasteiger partial charge on any atom is -0.505 e. The predicted octanol–water partition coefficient (Wildman–Crippen LogP) is 2.60. The smallest absolute Gasteiger partial charge is 0.341 e. The summed E-state index contributed by atoms with van der Waals surface area (Å²) in [4.78, 5) is 23.6. The molecule has 1 amide bonds. The molecule has 0 saturated heterocycles. The summed E-state index contributed by atoms with van der Waals surface area (Å²) in [5, 5.41) is 12.6. The van der Waals surface area contributed by atoms with Gasteiger partial charge in [0, 0.05) is 0 Å². The number of methoxy groups -OCH3 is 1. The summed E-state index contributed by atoms with van der Waals surface area (Å²) in [6.45, 7) is 2.04. The number of benzene rings is 2. The number of amides is 1. The highest BCUT2D eigenvalue weighted by Gasteiger charge is 2.16. The summed E-state index contributed by atoms with van der Waals surface area (Å²) in [5.74, 6) is -0.586. The molecule has 7 heteroatoms. The van der Waals surface area contributed by atoms with E-state index in [1.165, 1.54) is 25.3 Å². The molecular weight excluding hydrogens is 326 g/mol. The molecule has 0 aromatic heterocycles. The number of nitrogens with one attached hydrogen (secondary N) is 1. The van der Waals surface area contributed by atoms with Gasteiger partial charge in [-0.05, 0) is 31.2 Å². The van der Waals surface area contributed by atoms with Gasteiger partial charge in [-0.15, -0.1) is 0 Å². The van der Waals surface area contributed by atoms with Crippen LogP contribution >= 0.6 is 0 Å². The van der Waals surface area contributed by atoms with E-state index in [0.717, 1.165) is 0 Å². The molecule has 0 unspecified atom stereocenters. The van der Waals surface area contributed by atoms with Crippen LogP contribution in [-0.2, 0) is 9.53 Å². The zero-order chi connectivity index (χ0) is 18.2. The van der Waals surface area contributed by atoms with E-state index in [2.05, 4.69) is 10.1 Å². The SMILES string of the molecule is CCOc1ccccc1OCC(=O)Nc1cccc(C(=O)OC)c1O. The van der Waals surface area contributed by atoms with Crippen molar-refractivity contribution in [1.82, 2.24) is 0 Å². The second-order valence-corrected chi connectivity index (χ2v) is 4.91. The van der Waals surface area contributed by atoms with E-state index in [-0.39, 0.29) is 23.6 Å². The number of esters is 1. The first-order valence-electron chi connectivity index (χ1n) is 7.61. The number of anilines is 1. The molecule has 0 fully saturated rings. The first-order valence-corrected chi connectivity index (χ1v) is 7.61. The van der Waals surface area contributed by atoms with Crippen molar-refractivity contribution in [3.8, 4) is 17.2 Å². The largest absolute Gasteiger partial charge is 0.505 e. The molecule has 7 nitrogen and oxygen atoms in total. The first-order chi connectivity index (χ1) is 12.1. The van der Waals surface area contributed by atoms with Crippen LogP contribution in [0.5, 0.6) is 17.2 Å². The fourth-order valence-corrected chi connectivity index (χ4v) is 2.09. The summed E-state index contributed by atoms with van der Waals surface area (Å²) < 4.78 is 15.4. The molecule has 0 aliphatic carbocycles. The highest BCUT2D eigenvalue weighted by molar-refractivity contribution is 5.98. The van der Waals surface area contributed by atoms with Crippen molar-refractivity contribution in [2.75, 3.05) is 25.6 Å². The zero-order valence-corrected chi connectivity index (χ0v) is 13.9. The molecule has 2 rings (SSSR count). The van der Waals surface area contributed by atoms with E-state index in [9.17, 15) is 14.7 Å². The van der Waals surface area contributed by atoms with Crippen LogP contribution in [0.1, 0.15) is 17.3 Å². The number of phenolic OH excluding ortho intramolecular Hbond substituents is 1. The Hall–Kier alpha value is -3.22. The Bertz CT molecular complexity index is 759. The summed E-state index contributed by atoms with van der Waals surface area (Å²) in [6.07, 6.45) is 0. The number of hydrogen-bond donors (Lipinski definition) is 2. The van der Waals surface area contributed by atoms with Crippen molar-refractivity contribution >= 4 is 17.6 Å². The average molecular weight is 345 g/mol. The molecule has 0 aliphatic rings. The third-order valence-electron chi connectivity index (χ3n) is 3.22. The van der Waals surface area contributed by atoms with E-state index in [0.29, 0.717) is 18.1 Å². The molecule has 0 atom stereocenters. The second-order valence-electron chi connectivity index (χ2n) is 4.91. The van der Waals surface area contributed by atoms with Gasteiger partial charge in [0.15, 0.2) is 23.9 Å². The number of para-hydroxylation sites is 3. The van der Waals surface area contributed by atoms with Gasteiger partial charge in [-0.1, -0.05) is 18.2 Å². The lowest BCUT2D eigenvalue weighted by Gasteiger charge is -2.12. The third kappa shape index (κ3) is 4.63. The molecule has 0 aliphatic heterocycles. The number of ether oxygens (including phenoxy) is 3. The Balaban J connectivity index is 2.03. The maximum absolute atomic E-state index is 12.1. The molecule has 2 N–H and O–H groups in total. The van der Waals surface area contributed by atoms with Gasteiger partial charge in [0.25, 0.3) is 5.91 Å². The van der Waals surface area contributed by atoms with Crippen molar-refractivity contribution in [1.29, 1.82) is 0 Å². The molecule has 2 aromatic carbocycles. The van der Waals surface area contributed by atoms with Crippen LogP contribution in [0.15, 0.2) is 42.5 Å². The number of carbonyl (C=O) groups excluding carboxylic acids is 2. The van der Waals surface area contributed by atoms with Crippen molar-refractivity contribution < 1.29 is 28.9 Å². The van der Waals surface area contributed by atoms with Gasteiger partial charge >= 0.3 is 5.97 Å². The predicted molar refractivity (Wildman–Crippen MR) is 91.2 cm³/mol. The molecule has 132 valence electrons. The summed E-state index contributed by atoms with van der Waals surface area (Å²) in [7, 11) is 1.21. The maximum Gasteiger partial charge on any atom is 0.341 e. The molecule has 0 spiro atoms. The van der Waals surface area contributed by atoms with Gasteiger partial charge in [0.05, 0.1) is 19.4 Å². The van der Waals surface area contributed by atoms with Gasteiger partial charge in [0.1, 0.15) is 5.56 Å². The number of aromatic hydroxyl groups is 1. The molecule has 2 aromatic rings. The van der Waals surface area contributed by atoms with Gasteiger partial charge < -0.3 is 24.6 Å². The van der Waals surface area contributed by atoms with Crippen molar-refractivity contribution in [3.63, 3.8) is 0 Å². The normalized spacial score (nSPS) is 10.0. The van der Waals surface area contributed by atoms with E-state index in [1.54, 1.807) is 24.3 Å². The van der Waals surface area contributed by atoms with Gasteiger partial charge in [-0.2, -0.15) is 0 Å². The molecular formula is C18H19NO6. The van der Waals surface area contributed by atoms with Crippen LogP contribution < -0.4 is 14.8 Å². The quantitative estimate of drug-likeness (QED) is 0.592. The average Bonchev–Trinajstić information content (AvgIpc) is 2.62. The Kier molecular flexibility index (Phi) is 6.22. The Morgan fingerprint density at radius 3 is 2.36 bits per heavy atom. The molecule has 0 radical (unpaired) electrons. The second kappa shape index (κ2) is 8.58. The Morgan fingerprint density at radius 1 is 1.04 bits per heavy atom. The number of rotatable bonds is 7. The fraction of sp³-hybridized carbons (Fsp3) is 0.222. The lowest BCUT2D eigenvalue weighted by Crippen LogP contribution is -2.20. The maximum atomic E-state index is 12.1. The van der Waals surface area contributed by atoms with Gasteiger partial charge in [0.2, 0.25) is 0 Å². The first kappa shape index (κ1) is 18.1. The highest BCUT2D eigenvalue weighted by Crippen LogP contribution is 2.29. The summed E-state index contributed by atoms with van der Waals surface area (Å²) in [5.41, 5.74) is 0.0532. The van der Waals surface area contributed by atoms with Crippen LogP contribution in [-0.4, -0.2) is 37.3 Å². The van der Waals surface area contributed by atoms with Crippen LogP contribution in [0.4, 0.5) is 5.69 Å². The monoisotopic (exact) mass is 345 g/mol.